The molecular formula is C14H19N5O2. The van der Waals surface area contributed by atoms with Crippen LogP contribution in [-0.2, 0) is 17.9 Å². The number of carbonyl (C=O) groups is 1. The Kier molecular flexibility index (Phi) is 5.39. The number of benzene rings is 1. The van der Waals surface area contributed by atoms with Gasteiger partial charge < -0.3 is 5.11 Å². The summed E-state index contributed by atoms with van der Waals surface area (Å²) in [6.07, 6.45) is 1.38. The molecule has 1 unspecified atom stereocenters. The molecule has 2 N–H and O–H groups in total. The number of aromatic nitrogens is 4. The number of carboxylic acids is 1. The second kappa shape index (κ2) is 7.49. The minimum Gasteiger partial charge on any atom is -0.480 e. The second-order valence-corrected chi connectivity index (χ2v) is 4.80. The molecule has 1 aromatic carbocycles. The van der Waals surface area contributed by atoms with Gasteiger partial charge in [0.15, 0.2) is 5.82 Å². The molecule has 0 aliphatic heterocycles. The van der Waals surface area contributed by atoms with Crippen molar-refractivity contribution in [2.24, 2.45) is 0 Å². The van der Waals surface area contributed by atoms with Crippen LogP contribution in [0.2, 0.25) is 0 Å². The van der Waals surface area contributed by atoms with Crippen molar-refractivity contribution in [3.63, 3.8) is 0 Å². The van der Waals surface area contributed by atoms with Gasteiger partial charge in [-0.1, -0.05) is 43.7 Å². The van der Waals surface area contributed by atoms with E-state index in [9.17, 15) is 4.79 Å². The average molecular weight is 289 g/mol. The van der Waals surface area contributed by atoms with Gasteiger partial charge in [0, 0.05) is 0 Å². The van der Waals surface area contributed by atoms with Gasteiger partial charge in [-0.25, -0.2) is 4.68 Å². The molecule has 21 heavy (non-hydrogen) atoms. The lowest BCUT2D eigenvalue weighted by Crippen LogP contribution is -2.36. The summed E-state index contributed by atoms with van der Waals surface area (Å²) in [5.41, 5.74) is 1.09. The van der Waals surface area contributed by atoms with E-state index in [0.717, 1.165) is 12.0 Å². The van der Waals surface area contributed by atoms with Crippen molar-refractivity contribution in [1.82, 2.24) is 25.5 Å². The molecule has 0 spiro atoms. The summed E-state index contributed by atoms with van der Waals surface area (Å²) in [6.45, 7) is 2.85. The molecule has 2 rings (SSSR count). The molecule has 0 amide bonds. The van der Waals surface area contributed by atoms with E-state index in [-0.39, 0.29) is 0 Å². The van der Waals surface area contributed by atoms with E-state index in [1.807, 2.05) is 37.3 Å². The SMILES string of the molecule is CCCC(NCc1nnnn1Cc1ccccc1)C(=O)O. The fourth-order valence-electron chi connectivity index (χ4n) is 2.05. The topological polar surface area (TPSA) is 92.9 Å². The van der Waals surface area contributed by atoms with Gasteiger partial charge in [-0.3, -0.25) is 10.1 Å². The Morgan fingerprint density at radius 1 is 1.38 bits per heavy atom. The first-order valence-corrected chi connectivity index (χ1v) is 6.96. The van der Waals surface area contributed by atoms with Crippen molar-refractivity contribution in [1.29, 1.82) is 0 Å². The van der Waals surface area contributed by atoms with Crippen molar-refractivity contribution in [2.45, 2.75) is 38.9 Å². The van der Waals surface area contributed by atoms with Crippen molar-refractivity contribution >= 4 is 5.97 Å². The van der Waals surface area contributed by atoms with Crippen molar-refractivity contribution in [3.8, 4) is 0 Å². The number of rotatable bonds is 8. The summed E-state index contributed by atoms with van der Waals surface area (Å²) in [6, 6.07) is 9.29. The Labute approximate surface area is 123 Å². The Bertz CT molecular complexity index is 570. The summed E-state index contributed by atoms with van der Waals surface area (Å²) in [5.74, 6) is -0.222. The third kappa shape index (κ3) is 4.35. The van der Waals surface area contributed by atoms with Gasteiger partial charge in [0.05, 0.1) is 13.1 Å². The molecule has 0 saturated heterocycles. The normalized spacial score (nSPS) is 12.2. The van der Waals surface area contributed by atoms with Gasteiger partial charge in [-0.05, 0) is 22.4 Å². The van der Waals surface area contributed by atoms with Crippen LogP contribution in [0.3, 0.4) is 0 Å². The maximum Gasteiger partial charge on any atom is 0.320 e. The molecule has 7 nitrogen and oxygen atoms in total. The molecule has 0 aliphatic carbocycles. The van der Waals surface area contributed by atoms with E-state index >= 15 is 0 Å². The van der Waals surface area contributed by atoms with Crippen LogP contribution < -0.4 is 5.32 Å². The van der Waals surface area contributed by atoms with E-state index in [1.54, 1.807) is 4.68 Å². The Hall–Kier alpha value is -2.28. The number of tetrazole rings is 1. The Morgan fingerprint density at radius 2 is 2.14 bits per heavy atom. The standard InChI is InChI=1S/C14H19N5O2/c1-2-6-12(14(20)21)15-9-13-16-17-18-19(13)10-11-7-4-3-5-8-11/h3-5,7-8,12,15H,2,6,9-10H2,1H3,(H,20,21). The zero-order chi connectivity index (χ0) is 15.1. The highest BCUT2D eigenvalue weighted by atomic mass is 16.4. The highest BCUT2D eigenvalue weighted by molar-refractivity contribution is 5.73. The van der Waals surface area contributed by atoms with E-state index in [4.69, 9.17) is 5.11 Å². The number of carboxylic acid groups (broad SMARTS) is 1. The summed E-state index contributed by atoms with van der Waals surface area (Å²) in [7, 11) is 0. The molecule has 7 heteroatoms. The van der Waals surface area contributed by atoms with Crippen LogP contribution in [0.25, 0.3) is 0 Å². The van der Waals surface area contributed by atoms with E-state index in [1.165, 1.54) is 0 Å². The van der Waals surface area contributed by atoms with Gasteiger partial charge in [0.1, 0.15) is 6.04 Å². The van der Waals surface area contributed by atoms with Gasteiger partial charge in [0.25, 0.3) is 0 Å². The summed E-state index contributed by atoms with van der Waals surface area (Å²) in [4.78, 5) is 11.1. The van der Waals surface area contributed by atoms with Gasteiger partial charge in [-0.2, -0.15) is 0 Å². The molecular weight excluding hydrogens is 270 g/mol. The monoisotopic (exact) mass is 289 g/mol. The number of nitrogens with zero attached hydrogens (tertiary/aromatic N) is 4. The van der Waals surface area contributed by atoms with E-state index < -0.39 is 12.0 Å². The highest BCUT2D eigenvalue weighted by Gasteiger charge is 2.17. The minimum absolute atomic E-state index is 0.330. The van der Waals surface area contributed by atoms with Gasteiger partial charge in [-0.15, -0.1) is 5.10 Å². The number of aliphatic carboxylic acids is 1. The lowest BCUT2D eigenvalue weighted by Gasteiger charge is -2.13. The van der Waals surface area contributed by atoms with Crippen molar-refractivity contribution < 1.29 is 9.90 Å². The van der Waals surface area contributed by atoms with Crippen LogP contribution >= 0.6 is 0 Å². The molecule has 0 fully saturated rings. The molecule has 0 radical (unpaired) electrons. The number of nitrogens with one attached hydrogen (secondary N) is 1. The first-order chi connectivity index (χ1) is 10.2. The maximum absolute atomic E-state index is 11.1. The first-order valence-electron chi connectivity index (χ1n) is 6.96. The average Bonchev–Trinajstić information content (AvgIpc) is 2.91. The Balaban J connectivity index is 1.98. The van der Waals surface area contributed by atoms with Crippen molar-refractivity contribution in [3.05, 3.63) is 41.7 Å². The van der Waals surface area contributed by atoms with Crippen LogP contribution in [0.1, 0.15) is 31.2 Å². The van der Waals surface area contributed by atoms with E-state index in [0.29, 0.717) is 25.3 Å². The molecule has 0 saturated carbocycles. The van der Waals surface area contributed by atoms with Crippen LogP contribution in [0.5, 0.6) is 0 Å². The van der Waals surface area contributed by atoms with Gasteiger partial charge >= 0.3 is 5.97 Å². The van der Waals surface area contributed by atoms with Crippen LogP contribution in [-0.4, -0.2) is 37.3 Å². The highest BCUT2D eigenvalue weighted by Crippen LogP contribution is 2.04. The Morgan fingerprint density at radius 3 is 2.81 bits per heavy atom. The molecule has 2 aromatic rings. The van der Waals surface area contributed by atoms with E-state index in [2.05, 4.69) is 20.8 Å². The third-order valence-corrected chi connectivity index (χ3v) is 3.16. The number of hydrogen-bond donors (Lipinski definition) is 2. The van der Waals surface area contributed by atoms with Gasteiger partial charge in [0.2, 0.25) is 0 Å². The molecule has 1 heterocycles. The third-order valence-electron chi connectivity index (χ3n) is 3.16. The first kappa shape index (κ1) is 15.1. The number of hydrogen-bond acceptors (Lipinski definition) is 5. The fraction of sp³-hybridized carbons (Fsp3) is 0.429. The maximum atomic E-state index is 11.1. The summed E-state index contributed by atoms with van der Waals surface area (Å²) in [5, 5.41) is 23.7. The van der Waals surface area contributed by atoms with Crippen LogP contribution in [0.4, 0.5) is 0 Å². The lowest BCUT2D eigenvalue weighted by atomic mass is 10.2. The second-order valence-electron chi connectivity index (χ2n) is 4.80. The van der Waals surface area contributed by atoms with Crippen LogP contribution in [0, 0.1) is 0 Å². The fourth-order valence-corrected chi connectivity index (χ4v) is 2.05. The minimum atomic E-state index is -0.848. The largest absolute Gasteiger partial charge is 0.480 e. The molecule has 112 valence electrons. The zero-order valence-electron chi connectivity index (χ0n) is 11.9. The molecule has 0 bridgehead atoms. The molecule has 1 aromatic heterocycles. The predicted octanol–water partition coefficient (Wildman–Crippen LogP) is 1.06. The molecule has 1 atom stereocenters. The smallest absolute Gasteiger partial charge is 0.320 e. The summed E-state index contributed by atoms with van der Waals surface area (Å²) < 4.78 is 1.67. The van der Waals surface area contributed by atoms with Crippen LogP contribution in [0.15, 0.2) is 30.3 Å². The molecule has 0 aliphatic rings. The summed E-state index contributed by atoms with van der Waals surface area (Å²) >= 11 is 0. The quantitative estimate of drug-likeness (QED) is 0.755. The predicted molar refractivity (Wildman–Crippen MR) is 76.5 cm³/mol. The van der Waals surface area contributed by atoms with Crippen molar-refractivity contribution in [2.75, 3.05) is 0 Å². The zero-order valence-corrected chi connectivity index (χ0v) is 11.9. The lowest BCUT2D eigenvalue weighted by molar-refractivity contribution is -0.139.